The van der Waals surface area contributed by atoms with Gasteiger partial charge in [-0.3, -0.25) is 10.1 Å². The predicted molar refractivity (Wildman–Crippen MR) is 67.8 cm³/mol. The summed E-state index contributed by atoms with van der Waals surface area (Å²) in [4.78, 5) is 10.5. The van der Waals surface area contributed by atoms with Crippen molar-refractivity contribution in [3.63, 3.8) is 0 Å². The molecule has 0 spiro atoms. The molecular formula is C12H14N4O3. The highest BCUT2D eigenvalue weighted by atomic mass is 16.6. The van der Waals surface area contributed by atoms with Gasteiger partial charge in [-0.25, -0.2) is 4.68 Å². The Morgan fingerprint density at radius 1 is 1.63 bits per heavy atom. The van der Waals surface area contributed by atoms with Crippen LogP contribution in [0.4, 0.5) is 11.5 Å². The van der Waals surface area contributed by atoms with Gasteiger partial charge in [0.05, 0.1) is 17.2 Å². The second-order valence-corrected chi connectivity index (χ2v) is 4.73. The number of hydrogen-bond acceptors (Lipinski definition) is 5. The molecule has 1 aliphatic carbocycles. The summed E-state index contributed by atoms with van der Waals surface area (Å²) < 4.78 is 6.97. The van der Waals surface area contributed by atoms with Crippen LogP contribution in [0.3, 0.4) is 0 Å². The van der Waals surface area contributed by atoms with E-state index in [9.17, 15) is 10.1 Å². The molecule has 2 heterocycles. The second-order valence-electron chi connectivity index (χ2n) is 4.73. The predicted octanol–water partition coefficient (Wildman–Crippen LogP) is 2.20. The molecule has 7 nitrogen and oxygen atoms in total. The topological polar surface area (TPSA) is 100 Å². The monoisotopic (exact) mass is 262 g/mol. The first-order valence-corrected chi connectivity index (χ1v) is 6.15. The maximum atomic E-state index is 11.0. The maximum absolute atomic E-state index is 11.0. The van der Waals surface area contributed by atoms with E-state index in [2.05, 4.69) is 5.10 Å². The summed E-state index contributed by atoms with van der Waals surface area (Å²) >= 11 is 0. The molecule has 3 rings (SSSR count). The fourth-order valence-corrected chi connectivity index (χ4v) is 2.74. The molecular weight excluding hydrogens is 248 g/mol. The molecule has 2 N–H and O–H groups in total. The molecule has 0 amide bonds. The van der Waals surface area contributed by atoms with Gasteiger partial charge in [0.2, 0.25) is 5.82 Å². The van der Waals surface area contributed by atoms with Gasteiger partial charge in [-0.1, -0.05) is 0 Å². The smallest absolute Gasteiger partial charge is 0.333 e. The third kappa shape index (κ3) is 1.69. The maximum Gasteiger partial charge on any atom is 0.333 e. The minimum atomic E-state index is -0.479. The van der Waals surface area contributed by atoms with Crippen LogP contribution in [-0.2, 0) is 6.42 Å². The van der Waals surface area contributed by atoms with Crippen LogP contribution >= 0.6 is 0 Å². The Balaban J connectivity index is 2.10. The molecule has 19 heavy (non-hydrogen) atoms. The fraction of sp³-hybridized carbons (Fsp3) is 0.417. The molecule has 2 aromatic rings. The number of aryl methyl sites for hydroxylation is 2. The number of nitro groups is 1. The van der Waals surface area contributed by atoms with Gasteiger partial charge in [0.25, 0.3) is 0 Å². The highest BCUT2D eigenvalue weighted by molar-refractivity contribution is 5.56. The third-order valence-corrected chi connectivity index (χ3v) is 3.59. The fourth-order valence-electron chi connectivity index (χ4n) is 2.74. The second kappa shape index (κ2) is 4.11. The molecule has 1 unspecified atom stereocenters. The minimum absolute atomic E-state index is 0.0742. The standard InChI is InChI=1S/C12H14N4O3/c1-7-11(16(17)18)12(13)15(14-7)9-3-2-4-10-8(9)5-6-19-10/h5-6,9H,2-4,13H2,1H3. The average Bonchev–Trinajstić information content (AvgIpc) is 2.93. The number of aromatic nitrogens is 2. The van der Waals surface area contributed by atoms with Gasteiger partial charge in [-0.2, -0.15) is 5.10 Å². The van der Waals surface area contributed by atoms with Gasteiger partial charge < -0.3 is 10.2 Å². The zero-order chi connectivity index (χ0) is 13.6. The highest BCUT2D eigenvalue weighted by Gasteiger charge is 2.31. The summed E-state index contributed by atoms with van der Waals surface area (Å²) in [5.74, 6) is 1.04. The Bertz CT molecular complexity index is 643. The van der Waals surface area contributed by atoms with Crippen molar-refractivity contribution in [3.8, 4) is 0 Å². The van der Waals surface area contributed by atoms with Crippen LogP contribution in [-0.4, -0.2) is 14.7 Å². The SMILES string of the molecule is Cc1nn(C2CCCc3occc32)c(N)c1[N+](=O)[O-]. The van der Waals surface area contributed by atoms with Gasteiger partial charge in [0, 0.05) is 12.0 Å². The number of nitrogen functional groups attached to an aromatic ring is 1. The van der Waals surface area contributed by atoms with E-state index in [0.717, 1.165) is 30.6 Å². The van der Waals surface area contributed by atoms with Crippen molar-refractivity contribution < 1.29 is 9.34 Å². The Hall–Kier alpha value is -2.31. The third-order valence-electron chi connectivity index (χ3n) is 3.59. The number of nitrogens with zero attached hydrogens (tertiary/aromatic N) is 3. The summed E-state index contributed by atoms with van der Waals surface area (Å²) in [6.45, 7) is 1.60. The van der Waals surface area contributed by atoms with Crippen LogP contribution in [0.25, 0.3) is 0 Å². The van der Waals surface area contributed by atoms with Crippen LogP contribution in [0.1, 0.15) is 35.9 Å². The van der Waals surface area contributed by atoms with Crippen molar-refractivity contribution in [3.05, 3.63) is 39.5 Å². The Kier molecular flexibility index (Phi) is 2.55. The molecule has 1 aliphatic rings. The lowest BCUT2D eigenvalue weighted by atomic mass is 9.93. The summed E-state index contributed by atoms with van der Waals surface area (Å²) in [6, 6.07) is 1.82. The summed E-state index contributed by atoms with van der Waals surface area (Å²) in [7, 11) is 0. The molecule has 0 aromatic carbocycles. The van der Waals surface area contributed by atoms with E-state index in [0.29, 0.717) is 5.69 Å². The normalized spacial score (nSPS) is 18.3. The van der Waals surface area contributed by atoms with Gasteiger partial charge in [0.15, 0.2) is 0 Å². The molecule has 100 valence electrons. The first kappa shape index (κ1) is 11.8. The number of rotatable bonds is 2. The van der Waals surface area contributed by atoms with Crippen molar-refractivity contribution in [1.29, 1.82) is 0 Å². The number of hydrogen-bond donors (Lipinski definition) is 1. The van der Waals surface area contributed by atoms with Crippen LogP contribution < -0.4 is 5.73 Å². The van der Waals surface area contributed by atoms with Gasteiger partial charge in [-0.05, 0) is 25.8 Å². The van der Waals surface area contributed by atoms with E-state index < -0.39 is 4.92 Å². The lowest BCUT2D eigenvalue weighted by molar-refractivity contribution is -0.384. The van der Waals surface area contributed by atoms with Crippen LogP contribution in [0.5, 0.6) is 0 Å². The lowest BCUT2D eigenvalue weighted by Crippen LogP contribution is -2.18. The Labute approximate surface area is 109 Å². The van der Waals surface area contributed by atoms with Crippen molar-refractivity contribution in [1.82, 2.24) is 9.78 Å². The largest absolute Gasteiger partial charge is 0.469 e. The molecule has 0 saturated carbocycles. The van der Waals surface area contributed by atoms with Gasteiger partial charge in [-0.15, -0.1) is 0 Å². The highest BCUT2D eigenvalue weighted by Crippen LogP contribution is 2.37. The Morgan fingerprint density at radius 3 is 3.11 bits per heavy atom. The number of nitrogens with two attached hydrogens (primary N) is 1. The summed E-state index contributed by atoms with van der Waals surface area (Å²) in [5, 5.41) is 15.2. The zero-order valence-electron chi connectivity index (χ0n) is 10.5. The minimum Gasteiger partial charge on any atom is -0.469 e. The van der Waals surface area contributed by atoms with Crippen molar-refractivity contribution >= 4 is 11.5 Å². The van der Waals surface area contributed by atoms with Crippen molar-refractivity contribution in [2.45, 2.75) is 32.2 Å². The van der Waals surface area contributed by atoms with E-state index >= 15 is 0 Å². The molecule has 1 atom stereocenters. The molecule has 2 aromatic heterocycles. The summed E-state index contributed by atoms with van der Waals surface area (Å²) in [5.41, 5.74) is 7.16. The van der Waals surface area contributed by atoms with E-state index in [1.807, 2.05) is 6.07 Å². The Morgan fingerprint density at radius 2 is 2.42 bits per heavy atom. The summed E-state index contributed by atoms with van der Waals surface area (Å²) in [6.07, 6.45) is 4.34. The number of anilines is 1. The lowest BCUT2D eigenvalue weighted by Gasteiger charge is -2.22. The van der Waals surface area contributed by atoms with Crippen LogP contribution in [0.15, 0.2) is 16.7 Å². The molecule has 0 fully saturated rings. The number of furan rings is 1. The van der Waals surface area contributed by atoms with E-state index in [1.54, 1.807) is 17.9 Å². The first-order valence-electron chi connectivity index (χ1n) is 6.15. The zero-order valence-corrected chi connectivity index (χ0v) is 10.5. The van der Waals surface area contributed by atoms with Crippen molar-refractivity contribution in [2.24, 2.45) is 0 Å². The molecule has 0 radical (unpaired) electrons. The molecule has 7 heteroatoms. The van der Waals surface area contributed by atoms with Gasteiger partial charge in [0.1, 0.15) is 11.5 Å². The van der Waals surface area contributed by atoms with Gasteiger partial charge >= 0.3 is 5.69 Å². The number of fused-ring (bicyclic) bond motifs is 1. The van der Waals surface area contributed by atoms with E-state index in [-0.39, 0.29) is 17.5 Å². The van der Waals surface area contributed by atoms with E-state index in [1.165, 1.54) is 0 Å². The molecule has 0 saturated heterocycles. The van der Waals surface area contributed by atoms with Crippen molar-refractivity contribution in [2.75, 3.05) is 5.73 Å². The average molecular weight is 262 g/mol. The van der Waals surface area contributed by atoms with Crippen LogP contribution in [0, 0.1) is 17.0 Å². The molecule has 0 bridgehead atoms. The van der Waals surface area contributed by atoms with E-state index in [4.69, 9.17) is 10.2 Å². The first-order chi connectivity index (χ1) is 9.09. The van der Waals surface area contributed by atoms with Crippen LogP contribution in [0.2, 0.25) is 0 Å². The molecule has 0 aliphatic heterocycles. The quantitative estimate of drug-likeness (QED) is 0.660.